The van der Waals surface area contributed by atoms with Gasteiger partial charge in [0.2, 0.25) is 0 Å². The van der Waals surface area contributed by atoms with E-state index >= 15 is 0 Å². The second-order valence-electron chi connectivity index (χ2n) is 21.2. The fourth-order valence-corrected chi connectivity index (χ4v) is 9.74. The van der Waals surface area contributed by atoms with Crippen LogP contribution in [0.15, 0.2) is 170 Å². The number of anilines is 4. The molecule has 12 N–H and O–H groups in total. The molecule has 0 heterocycles. The molecule has 0 radical (unpaired) electrons. The first-order chi connectivity index (χ1) is 48.1. The Morgan fingerprint density at radius 2 is 0.440 bits per heavy atom. The number of rotatable bonds is 20. The van der Waals surface area contributed by atoms with Crippen LogP contribution in [0.4, 0.5) is 64.7 Å². The fourth-order valence-electron chi connectivity index (χ4n) is 9.74. The van der Waals surface area contributed by atoms with Crippen molar-refractivity contribution in [1.82, 2.24) is 43.4 Å². The van der Waals surface area contributed by atoms with Crippen molar-refractivity contribution in [3.63, 3.8) is 0 Å². The van der Waals surface area contributed by atoms with Crippen LogP contribution in [0.5, 0.6) is 23.0 Å². The van der Waals surface area contributed by atoms with Crippen molar-refractivity contribution in [2.75, 3.05) is 47.7 Å². The minimum Gasteiger partial charge on any atom is -0.483 e. The highest BCUT2D eigenvalue weighted by Crippen LogP contribution is 2.39. The number of hydrogen-bond donors (Lipinski definition) is 12. The van der Waals surface area contributed by atoms with Gasteiger partial charge in [0.25, 0.3) is 46.4 Å². The molecule has 0 aliphatic heterocycles. The number of nitro groups is 4. The van der Waals surface area contributed by atoms with Gasteiger partial charge in [0.15, 0.2) is 26.4 Å². The number of urea groups is 4. The standard InChI is InChI=1S/C64H56N16O20/c81-53(69-73-61(85)65-45-13-21-49(22-14-45)77(89)90)33-97-57-37-5-1-6-38(57)30-40-8-3-10-42(59(40)99-35-55(83)71-75-63(87)67-47-17-25-51(26-18-47)79(93)94)32-44-12-4-11-43(60(44)100-36-56(84)72-76-64(88)68-48-19-27-52(28-20-48)80(95)96)31-41-9-2-7-39(29-37)58(41)98-34-54(82)70-74-62(86)66-46-15-23-50(24-16-46)78(91)92/h1-28H,29-36H2,(H,69,81)(H,70,82)(H,71,83)(H,72,84)(H2,65,73,85)(H2,66,74,86)(H2,67,75,87)(H2,68,76,88). The van der Waals surface area contributed by atoms with Crippen LogP contribution in [0.2, 0.25) is 0 Å². The Morgan fingerprint density at radius 3 is 0.600 bits per heavy atom. The molecule has 12 amide bonds. The van der Waals surface area contributed by atoms with E-state index in [4.69, 9.17) is 18.9 Å². The highest BCUT2D eigenvalue weighted by atomic mass is 16.6. The summed E-state index contributed by atoms with van der Waals surface area (Å²) in [6, 6.07) is 36.1. The SMILES string of the molecule is O=C(COc1c2cccc1Cc1cccc(c1OCC(=O)NNC(=O)Nc1ccc([N+](=O)[O-])cc1)Cc1cccc(c1OCC(=O)NNC(=O)Nc1ccc([N+](=O)[O-])cc1)Cc1cccc(c1OCC(=O)NNC(=O)Nc1ccc([N+](=O)[O-])cc1)C2)NNC(=O)Nc1ccc([N+](=O)[O-])cc1. The predicted molar refractivity (Wildman–Crippen MR) is 353 cm³/mol. The second kappa shape index (κ2) is 33.1. The summed E-state index contributed by atoms with van der Waals surface area (Å²) in [5, 5.41) is 54.4. The third kappa shape index (κ3) is 19.8. The van der Waals surface area contributed by atoms with Gasteiger partial charge in [-0.05, 0) is 93.0 Å². The maximum Gasteiger partial charge on any atom is 0.337 e. The topological polar surface area (TPSA) is 490 Å². The average Bonchev–Trinajstić information content (AvgIpc) is 0.789. The molecule has 8 aromatic rings. The van der Waals surface area contributed by atoms with Crippen LogP contribution in [0.1, 0.15) is 44.5 Å². The number of hydrogen-bond acceptors (Lipinski definition) is 20. The van der Waals surface area contributed by atoms with E-state index in [0.717, 1.165) is 48.5 Å². The molecular formula is C64H56N16O20. The molecule has 36 heteroatoms. The highest BCUT2D eigenvalue weighted by molar-refractivity contribution is 5.94. The van der Waals surface area contributed by atoms with E-state index in [-0.39, 0.29) is 94.2 Å². The summed E-state index contributed by atoms with van der Waals surface area (Å²) >= 11 is 0. The number of nitro benzene ring substituents is 4. The van der Waals surface area contributed by atoms with E-state index in [0.29, 0.717) is 44.5 Å². The minimum atomic E-state index is -0.921. The zero-order valence-corrected chi connectivity index (χ0v) is 51.8. The monoisotopic (exact) mass is 1370 g/mol. The zero-order chi connectivity index (χ0) is 71.2. The number of non-ortho nitro benzene ring substituents is 4. The summed E-state index contributed by atoms with van der Waals surface area (Å²) in [6.45, 7) is -2.92. The number of ether oxygens (including phenoxy) is 4. The van der Waals surface area contributed by atoms with Crippen molar-refractivity contribution in [2.24, 2.45) is 0 Å². The molecular weight excluding hydrogens is 1310 g/mol. The second-order valence-corrected chi connectivity index (χ2v) is 21.2. The van der Waals surface area contributed by atoms with Crippen molar-refractivity contribution < 1.29 is 77.0 Å². The van der Waals surface area contributed by atoms with Crippen molar-refractivity contribution in [2.45, 2.75) is 25.7 Å². The maximum atomic E-state index is 13.6. The number of hydrazine groups is 4. The number of fused-ring (bicyclic) bond motifs is 8. The highest BCUT2D eigenvalue weighted by Gasteiger charge is 2.25. The Bertz CT molecular complexity index is 3820. The summed E-state index contributed by atoms with van der Waals surface area (Å²) in [7, 11) is 0. The Morgan fingerprint density at radius 1 is 0.270 bits per heavy atom. The molecule has 9 rings (SSSR count). The quantitative estimate of drug-likeness (QED) is 0.0272. The van der Waals surface area contributed by atoms with E-state index in [1.54, 1.807) is 72.8 Å². The largest absolute Gasteiger partial charge is 0.483 e. The van der Waals surface area contributed by atoms with Crippen LogP contribution in [0.25, 0.3) is 0 Å². The molecule has 0 saturated carbocycles. The fraction of sp³-hybridized carbons (Fsp3) is 0.125. The number of nitrogens with one attached hydrogen (secondary N) is 12. The van der Waals surface area contributed by atoms with Gasteiger partial charge in [-0.25, -0.2) is 40.9 Å². The predicted octanol–water partition coefficient (Wildman–Crippen LogP) is 6.92. The van der Waals surface area contributed by atoms with E-state index in [1.165, 1.54) is 48.5 Å². The molecule has 0 saturated heterocycles. The molecule has 36 nitrogen and oxygen atoms in total. The van der Waals surface area contributed by atoms with E-state index in [2.05, 4.69) is 64.7 Å². The molecule has 0 fully saturated rings. The molecule has 1 aliphatic carbocycles. The number of carbonyl (C=O) groups excluding carboxylic acids is 8. The van der Waals surface area contributed by atoms with Gasteiger partial charge < -0.3 is 40.2 Å². The third-order valence-corrected chi connectivity index (χ3v) is 14.2. The summed E-state index contributed by atoms with van der Waals surface area (Å²) in [5.74, 6) is -2.92. The van der Waals surface area contributed by atoms with Crippen molar-refractivity contribution in [3.8, 4) is 23.0 Å². The van der Waals surface area contributed by atoms with Crippen molar-refractivity contribution in [3.05, 3.63) is 255 Å². The third-order valence-electron chi connectivity index (χ3n) is 14.2. The van der Waals surface area contributed by atoms with E-state index in [9.17, 15) is 78.8 Å². The molecule has 0 unspecified atom stereocenters. The van der Waals surface area contributed by atoms with Crippen molar-refractivity contribution >= 4 is 93.3 Å². The lowest BCUT2D eigenvalue weighted by Gasteiger charge is -2.22. The first kappa shape index (κ1) is 69.9. The minimum absolute atomic E-state index is 0.0654. The first-order valence-electron chi connectivity index (χ1n) is 29.5. The molecule has 0 spiro atoms. The number of amides is 12. The van der Waals surface area contributed by atoms with Crippen molar-refractivity contribution in [1.29, 1.82) is 0 Å². The number of benzene rings is 8. The smallest absolute Gasteiger partial charge is 0.337 e. The van der Waals surface area contributed by atoms with Crippen LogP contribution in [0.3, 0.4) is 0 Å². The van der Waals surface area contributed by atoms with Crippen LogP contribution in [-0.2, 0) is 44.9 Å². The van der Waals surface area contributed by atoms with Gasteiger partial charge >= 0.3 is 24.1 Å². The Kier molecular flexibility index (Phi) is 23.1. The Balaban J connectivity index is 1.03. The van der Waals surface area contributed by atoms with Gasteiger partial charge in [-0.3, -0.25) is 81.3 Å². The van der Waals surface area contributed by atoms with Crippen LogP contribution in [-0.4, -0.2) is 93.9 Å². The maximum absolute atomic E-state index is 13.6. The lowest BCUT2D eigenvalue weighted by Crippen LogP contribution is -2.45. The summed E-state index contributed by atoms with van der Waals surface area (Å²) in [4.78, 5) is 148. The average molecular weight is 1370 g/mol. The van der Waals surface area contributed by atoms with Gasteiger partial charge in [-0.15, -0.1) is 0 Å². The first-order valence-corrected chi connectivity index (χ1v) is 29.5. The molecule has 1 aliphatic rings. The van der Waals surface area contributed by atoms with E-state index < -0.39 is 93.9 Å². The lowest BCUT2D eigenvalue weighted by molar-refractivity contribution is -0.385. The zero-order valence-electron chi connectivity index (χ0n) is 51.8. The van der Waals surface area contributed by atoms with Gasteiger partial charge in [0, 0.05) is 97.0 Å². The summed E-state index contributed by atoms with van der Waals surface area (Å²) in [6.07, 6.45) is -0.262. The molecule has 0 aromatic heterocycles. The number of carbonyl (C=O) groups is 8. The number of nitrogens with zero attached hydrogens (tertiary/aromatic N) is 4. The van der Waals surface area contributed by atoms with Gasteiger partial charge in [0.1, 0.15) is 23.0 Å². The molecule has 0 atom stereocenters. The molecule has 8 aromatic carbocycles. The molecule has 512 valence electrons. The van der Waals surface area contributed by atoms with Gasteiger partial charge in [-0.2, -0.15) is 0 Å². The van der Waals surface area contributed by atoms with Crippen LogP contribution in [0, 0.1) is 40.5 Å². The summed E-state index contributed by atoms with van der Waals surface area (Å²) in [5.41, 5.74) is 20.8. The Hall–Kier alpha value is -14.5. The van der Waals surface area contributed by atoms with Crippen LogP contribution < -0.4 is 83.6 Å². The number of para-hydroxylation sites is 4. The normalized spacial score (nSPS) is 11.0. The van der Waals surface area contributed by atoms with Gasteiger partial charge in [0.05, 0.1) is 19.7 Å². The summed E-state index contributed by atoms with van der Waals surface area (Å²) < 4.78 is 25.5. The van der Waals surface area contributed by atoms with E-state index in [1.807, 2.05) is 0 Å². The van der Waals surface area contributed by atoms with Gasteiger partial charge in [-0.1, -0.05) is 72.8 Å². The molecule has 100 heavy (non-hydrogen) atoms. The molecule has 8 bridgehead atoms. The Labute approximate surface area is 563 Å². The van der Waals surface area contributed by atoms with Crippen LogP contribution >= 0.6 is 0 Å². The lowest BCUT2D eigenvalue weighted by atomic mass is 9.91.